The SMILES string of the molecule is Nc1cc(-c2csc(Cc3ccc(Cl)cc3)n2)ccc1Cl. The number of anilines is 1. The molecule has 0 radical (unpaired) electrons. The average molecular weight is 335 g/mol. The third-order valence-corrected chi connectivity index (χ3v) is 4.56. The summed E-state index contributed by atoms with van der Waals surface area (Å²) in [5, 5.41) is 4.40. The average Bonchev–Trinajstić information content (AvgIpc) is 2.93. The molecular weight excluding hydrogens is 323 g/mol. The first kappa shape index (κ1) is 14.4. The van der Waals surface area contributed by atoms with Crippen molar-refractivity contribution in [1.82, 2.24) is 4.98 Å². The first-order valence-electron chi connectivity index (χ1n) is 6.36. The molecule has 0 fully saturated rings. The minimum absolute atomic E-state index is 0.565. The summed E-state index contributed by atoms with van der Waals surface area (Å²) in [7, 11) is 0. The third-order valence-electron chi connectivity index (χ3n) is 3.11. The van der Waals surface area contributed by atoms with Gasteiger partial charge in [-0.1, -0.05) is 41.4 Å². The second kappa shape index (κ2) is 6.06. The maximum atomic E-state index is 5.94. The summed E-state index contributed by atoms with van der Waals surface area (Å²) in [6.45, 7) is 0. The molecule has 3 aromatic rings. The van der Waals surface area contributed by atoms with Gasteiger partial charge in [0, 0.05) is 22.4 Å². The first-order valence-corrected chi connectivity index (χ1v) is 7.99. The van der Waals surface area contributed by atoms with Crippen LogP contribution in [0.4, 0.5) is 5.69 Å². The van der Waals surface area contributed by atoms with Crippen LogP contribution in [0, 0.1) is 0 Å². The predicted octanol–water partition coefficient (Wildman–Crippen LogP) is 5.29. The van der Waals surface area contributed by atoms with Gasteiger partial charge in [-0.15, -0.1) is 11.3 Å². The smallest absolute Gasteiger partial charge is 0.0976 e. The van der Waals surface area contributed by atoms with Gasteiger partial charge >= 0.3 is 0 Å². The van der Waals surface area contributed by atoms with Gasteiger partial charge in [-0.05, 0) is 29.8 Å². The number of nitrogens with two attached hydrogens (primary N) is 1. The Morgan fingerprint density at radius 2 is 1.81 bits per heavy atom. The third kappa shape index (κ3) is 3.38. The van der Waals surface area contributed by atoms with Crippen molar-refractivity contribution in [2.75, 3.05) is 5.73 Å². The Hall–Kier alpha value is -1.55. The fourth-order valence-corrected chi connectivity index (χ4v) is 3.09. The molecule has 0 amide bonds. The largest absolute Gasteiger partial charge is 0.398 e. The fraction of sp³-hybridized carbons (Fsp3) is 0.0625. The van der Waals surface area contributed by atoms with E-state index in [4.69, 9.17) is 28.9 Å². The van der Waals surface area contributed by atoms with Crippen molar-refractivity contribution in [3.63, 3.8) is 0 Å². The Kier molecular flexibility index (Phi) is 4.15. The van der Waals surface area contributed by atoms with Crippen LogP contribution >= 0.6 is 34.5 Å². The molecule has 1 aromatic heterocycles. The van der Waals surface area contributed by atoms with Crippen molar-refractivity contribution >= 4 is 40.2 Å². The van der Waals surface area contributed by atoms with E-state index in [0.717, 1.165) is 27.7 Å². The molecule has 106 valence electrons. The number of benzene rings is 2. The fourth-order valence-electron chi connectivity index (χ4n) is 2.00. The summed E-state index contributed by atoms with van der Waals surface area (Å²) in [4.78, 5) is 4.66. The number of nitrogen functional groups attached to an aromatic ring is 1. The lowest BCUT2D eigenvalue weighted by Gasteiger charge is -2.01. The monoisotopic (exact) mass is 334 g/mol. The van der Waals surface area contributed by atoms with Crippen molar-refractivity contribution < 1.29 is 0 Å². The van der Waals surface area contributed by atoms with Gasteiger partial charge in [-0.25, -0.2) is 4.98 Å². The normalized spacial score (nSPS) is 10.8. The summed E-state index contributed by atoms with van der Waals surface area (Å²) in [5.74, 6) is 0. The van der Waals surface area contributed by atoms with Gasteiger partial charge in [-0.3, -0.25) is 0 Å². The second-order valence-corrected chi connectivity index (χ2v) is 6.45. The lowest BCUT2D eigenvalue weighted by molar-refractivity contribution is 1.14. The molecular formula is C16H12Cl2N2S. The number of hydrogen-bond donors (Lipinski definition) is 1. The molecule has 5 heteroatoms. The van der Waals surface area contributed by atoms with E-state index < -0.39 is 0 Å². The molecule has 0 aliphatic rings. The second-order valence-electron chi connectivity index (χ2n) is 4.67. The van der Waals surface area contributed by atoms with E-state index in [9.17, 15) is 0 Å². The lowest BCUT2D eigenvalue weighted by atomic mass is 10.1. The predicted molar refractivity (Wildman–Crippen MR) is 91.2 cm³/mol. The Balaban J connectivity index is 1.82. The van der Waals surface area contributed by atoms with Crippen LogP contribution in [-0.2, 0) is 6.42 Å². The van der Waals surface area contributed by atoms with Gasteiger partial charge < -0.3 is 5.73 Å². The maximum Gasteiger partial charge on any atom is 0.0976 e. The molecule has 2 nitrogen and oxygen atoms in total. The van der Waals surface area contributed by atoms with Gasteiger partial charge in [0.2, 0.25) is 0 Å². The zero-order chi connectivity index (χ0) is 14.8. The molecule has 0 saturated carbocycles. The minimum atomic E-state index is 0.565. The molecule has 0 aliphatic carbocycles. The summed E-state index contributed by atoms with van der Waals surface area (Å²) in [6.07, 6.45) is 0.797. The Bertz CT molecular complexity index is 766. The van der Waals surface area contributed by atoms with E-state index in [1.807, 2.05) is 41.8 Å². The van der Waals surface area contributed by atoms with Crippen molar-refractivity contribution in [3.8, 4) is 11.3 Å². The Morgan fingerprint density at radius 1 is 1.05 bits per heavy atom. The van der Waals surface area contributed by atoms with Crippen LogP contribution in [-0.4, -0.2) is 4.98 Å². The molecule has 0 unspecified atom stereocenters. The number of aromatic nitrogens is 1. The minimum Gasteiger partial charge on any atom is -0.398 e. The molecule has 0 saturated heterocycles. The van der Waals surface area contributed by atoms with Crippen LogP contribution in [0.5, 0.6) is 0 Å². The lowest BCUT2D eigenvalue weighted by Crippen LogP contribution is -1.89. The first-order chi connectivity index (χ1) is 10.1. The molecule has 0 aliphatic heterocycles. The van der Waals surface area contributed by atoms with E-state index in [0.29, 0.717) is 10.7 Å². The van der Waals surface area contributed by atoms with E-state index in [1.54, 1.807) is 17.4 Å². The molecule has 0 bridgehead atoms. The van der Waals surface area contributed by atoms with E-state index >= 15 is 0 Å². The maximum absolute atomic E-state index is 5.94. The molecule has 3 rings (SSSR count). The van der Waals surface area contributed by atoms with Crippen LogP contribution < -0.4 is 5.73 Å². The highest BCUT2D eigenvalue weighted by Gasteiger charge is 2.07. The highest BCUT2D eigenvalue weighted by Crippen LogP contribution is 2.28. The van der Waals surface area contributed by atoms with Crippen molar-refractivity contribution in [3.05, 3.63) is 68.5 Å². The van der Waals surface area contributed by atoms with Crippen LogP contribution in [0.1, 0.15) is 10.6 Å². The summed E-state index contributed by atoms with van der Waals surface area (Å²) >= 11 is 13.5. The Morgan fingerprint density at radius 3 is 2.52 bits per heavy atom. The van der Waals surface area contributed by atoms with Crippen LogP contribution in [0.15, 0.2) is 47.8 Å². The molecule has 0 spiro atoms. The van der Waals surface area contributed by atoms with Crippen molar-refractivity contribution in [2.45, 2.75) is 6.42 Å². The number of hydrogen-bond acceptors (Lipinski definition) is 3. The quantitative estimate of drug-likeness (QED) is 0.661. The number of halogens is 2. The van der Waals surface area contributed by atoms with E-state index in [1.165, 1.54) is 5.56 Å². The van der Waals surface area contributed by atoms with Gasteiger partial charge in [-0.2, -0.15) is 0 Å². The molecule has 2 N–H and O–H groups in total. The van der Waals surface area contributed by atoms with E-state index in [2.05, 4.69) is 4.98 Å². The highest BCUT2D eigenvalue weighted by molar-refractivity contribution is 7.10. The van der Waals surface area contributed by atoms with Gasteiger partial charge in [0.05, 0.1) is 21.4 Å². The zero-order valence-corrected chi connectivity index (χ0v) is 13.3. The highest BCUT2D eigenvalue weighted by atomic mass is 35.5. The summed E-state index contributed by atoms with van der Waals surface area (Å²) in [5.41, 5.74) is 9.50. The van der Waals surface area contributed by atoms with Gasteiger partial charge in [0.25, 0.3) is 0 Å². The van der Waals surface area contributed by atoms with Crippen molar-refractivity contribution in [2.24, 2.45) is 0 Å². The topological polar surface area (TPSA) is 38.9 Å². The van der Waals surface area contributed by atoms with Crippen LogP contribution in [0.3, 0.4) is 0 Å². The van der Waals surface area contributed by atoms with Crippen molar-refractivity contribution in [1.29, 1.82) is 0 Å². The number of nitrogens with zero attached hydrogens (tertiary/aromatic N) is 1. The molecule has 0 atom stereocenters. The number of rotatable bonds is 3. The standard InChI is InChI=1S/C16H12Cl2N2S/c17-12-4-1-10(2-5-12)7-16-20-15(9-21-16)11-3-6-13(18)14(19)8-11/h1-6,8-9H,7,19H2. The number of thiazole rings is 1. The summed E-state index contributed by atoms with van der Waals surface area (Å²) in [6, 6.07) is 13.4. The van der Waals surface area contributed by atoms with Crippen LogP contribution in [0.25, 0.3) is 11.3 Å². The zero-order valence-electron chi connectivity index (χ0n) is 11.0. The molecule has 1 heterocycles. The molecule has 21 heavy (non-hydrogen) atoms. The molecule has 2 aromatic carbocycles. The van der Waals surface area contributed by atoms with E-state index in [-0.39, 0.29) is 0 Å². The van der Waals surface area contributed by atoms with Gasteiger partial charge in [0.1, 0.15) is 0 Å². The van der Waals surface area contributed by atoms with Gasteiger partial charge in [0.15, 0.2) is 0 Å². The van der Waals surface area contributed by atoms with Crippen LogP contribution in [0.2, 0.25) is 10.0 Å². The Labute approximate surface area is 137 Å². The summed E-state index contributed by atoms with van der Waals surface area (Å²) < 4.78 is 0.